The summed E-state index contributed by atoms with van der Waals surface area (Å²) in [5.41, 5.74) is 0. The molecular weight excluding hydrogens is 326 g/mol. The molecule has 2 aliphatic heterocycles. The van der Waals surface area contributed by atoms with Gasteiger partial charge in [0.05, 0.1) is 10.9 Å². The predicted molar refractivity (Wildman–Crippen MR) is 92.0 cm³/mol. The van der Waals surface area contributed by atoms with E-state index in [-0.39, 0.29) is 11.9 Å². The van der Waals surface area contributed by atoms with Crippen LogP contribution in [0.2, 0.25) is 0 Å². The summed E-state index contributed by atoms with van der Waals surface area (Å²) < 4.78 is 26.8. The van der Waals surface area contributed by atoms with E-state index < -0.39 is 10.0 Å². The third-order valence-corrected chi connectivity index (χ3v) is 6.89. The lowest BCUT2D eigenvalue weighted by Crippen LogP contribution is -2.55. The zero-order valence-electron chi connectivity index (χ0n) is 14.1. The van der Waals surface area contributed by atoms with Crippen molar-refractivity contribution >= 4 is 15.9 Å². The fourth-order valence-electron chi connectivity index (χ4n) is 3.43. The largest absolute Gasteiger partial charge is 0.341 e. The molecule has 7 heteroatoms. The lowest BCUT2D eigenvalue weighted by atomic mass is 10.2. The molecule has 2 saturated heterocycles. The molecule has 24 heavy (non-hydrogen) atoms. The summed E-state index contributed by atoms with van der Waals surface area (Å²) in [7, 11) is -3.44. The van der Waals surface area contributed by atoms with Crippen LogP contribution in [0.1, 0.15) is 19.8 Å². The molecule has 1 aromatic carbocycles. The van der Waals surface area contributed by atoms with Crippen molar-refractivity contribution in [1.29, 1.82) is 0 Å². The summed E-state index contributed by atoms with van der Waals surface area (Å²) in [6.07, 6.45) is 2.17. The van der Waals surface area contributed by atoms with Crippen molar-refractivity contribution < 1.29 is 13.2 Å². The molecule has 1 atom stereocenters. The molecule has 132 valence electrons. The summed E-state index contributed by atoms with van der Waals surface area (Å²) in [6, 6.07) is 8.36. The van der Waals surface area contributed by atoms with E-state index in [2.05, 4.69) is 4.90 Å². The van der Waals surface area contributed by atoms with Crippen LogP contribution >= 0.6 is 0 Å². The van der Waals surface area contributed by atoms with Crippen LogP contribution in [0.25, 0.3) is 0 Å². The zero-order valence-corrected chi connectivity index (χ0v) is 14.9. The van der Waals surface area contributed by atoms with Crippen LogP contribution in [0.4, 0.5) is 0 Å². The van der Waals surface area contributed by atoms with E-state index in [1.54, 1.807) is 24.3 Å². The number of rotatable bonds is 4. The summed E-state index contributed by atoms with van der Waals surface area (Å²) in [5.74, 6) is 0.173. The zero-order chi connectivity index (χ0) is 17.2. The van der Waals surface area contributed by atoms with E-state index in [4.69, 9.17) is 0 Å². The molecular formula is C17H25N3O3S. The Morgan fingerprint density at radius 3 is 2.12 bits per heavy atom. The molecule has 0 aromatic heterocycles. The Morgan fingerprint density at radius 1 is 0.958 bits per heavy atom. The average Bonchev–Trinajstić information content (AvgIpc) is 3.16. The highest BCUT2D eigenvalue weighted by molar-refractivity contribution is 7.89. The minimum Gasteiger partial charge on any atom is -0.341 e. The second kappa shape index (κ2) is 7.21. The SMILES string of the molecule is CC(C(=O)N1CCCC1)N1CCN(S(=O)(=O)c2ccccc2)CC1. The molecule has 0 spiro atoms. The highest BCUT2D eigenvalue weighted by atomic mass is 32.2. The molecule has 0 bridgehead atoms. The maximum absolute atomic E-state index is 12.6. The molecule has 1 amide bonds. The van der Waals surface area contributed by atoms with Crippen LogP contribution in [0.3, 0.4) is 0 Å². The third-order valence-electron chi connectivity index (χ3n) is 4.98. The molecule has 6 nitrogen and oxygen atoms in total. The van der Waals surface area contributed by atoms with Crippen molar-refractivity contribution in [3.63, 3.8) is 0 Å². The van der Waals surface area contributed by atoms with E-state index in [1.807, 2.05) is 17.9 Å². The maximum atomic E-state index is 12.6. The van der Waals surface area contributed by atoms with Crippen LogP contribution in [-0.2, 0) is 14.8 Å². The minimum atomic E-state index is -3.44. The molecule has 2 fully saturated rings. The van der Waals surface area contributed by atoms with Gasteiger partial charge in [-0.1, -0.05) is 18.2 Å². The number of carbonyl (C=O) groups is 1. The molecule has 3 rings (SSSR count). The Balaban J connectivity index is 1.60. The number of sulfonamides is 1. The third kappa shape index (κ3) is 3.48. The number of carbonyl (C=O) groups excluding carboxylic acids is 1. The van der Waals surface area contributed by atoms with E-state index in [0.717, 1.165) is 25.9 Å². The van der Waals surface area contributed by atoms with Crippen molar-refractivity contribution in [2.45, 2.75) is 30.7 Å². The van der Waals surface area contributed by atoms with Gasteiger partial charge in [0.1, 0.15) is 0 Å². The van der Waals surface area contributed by atoms with Crippen LogP contribution in [-0.4, -0.2) is 73.7 Å². The molecule has 0 saturated carbocycles. The fraction of sp³-hybridized carbons (Fsp3) is 0.588. The summed E-state index contributed by atoms with van der Waals surface area (Å²) >= 11 is 0. The monoisotopic (exact) mass is 351 g/mol. The molecule has 0 N–H and O–H groups in total. The first-order valence-electron chi connectivity index (χ1n) is 8.58. The smallest absolute Gasteiger partial charge is 0.243 e. The lowest BCUT2D eigenvalue weighted by Gasteiger charge is -2.37. The van der Waals surface area contributed by atoms with Gasteiger partial charge in [-0.2, -0.15) is 4.31 Å². The van der Waals surface area contributed by atoms with Gasteiger partial charge in [0.25, 0.3) is 0 Å². The quantitative estimate of drug-likeness (QED) is 0.812. The average molecular weight is 351 g/mol. The number of likely N-dealkylation sites (tertiary alicyclic amines) is 1. The highest BCUT2D eigenvalue weighted by Gasteiger charge is 2.33. The van der Waals surface area contributed by atoms with E-state index in [9.17, 15) is 13.2 Å². The Hall–Kier alpha value is -1.44. The first kappa shape index (κ1) is 17.4. The Kier molecular flexibility index (Phi) is 5.22. The second-order valence-electron chi connectivity index (χ2n) is 6.46. The van der Waals surface area contributed by atoms with Crippen molar-refractivity contribution in [1.82, 2.24) is 14.1 Å². The van der Waals surface area contributed by atoms with Crippen molar-refractivity contribution in [2.75, 3.05) is 39.3 Å². The van der Waals surface area contributed by atoms with Crippen LogP contribution in [0, 0.1) is 0 Å². The number of hydrogen-bond donors (Lipinski definition) is 0. The molecule has 1 unspecified atom stereocenters. The van der Waals surface area contributed by atoms with Gasteiger partial charge in [0.15, 0.2) is 0 Å². The van der Waals surface area contributed by atoms with Gasteiger partial charge < -0.3 is 4.90 Å². The summed E-state index contributed by atoms with van der Waals surface area (Å²) in [4.78, 5) is 16.9. The first-order valence-corrected chi connectivity index (χ1v) is 10.0. The molecule has 1 aromatic rings. The Morgan fingerprint density at radius 2 is 1.54 bits per heavy atom. The van der Waals surface area contributed by atoms with Gasteiger partial charge in [-0.15, -0.1) is 0 Å². The van der Waals surface area contributed by atoms with Crippen LogP contribution in [0.15, 0.2) is 35.2 Å². The molecule has 2 aliphatic rings. The van der Waals surface area contributed by atoms with Gasteiger partial charge in [0.2, 0.25) is 15.9 Å². The molecule has 0 aliphatic carbocycles. The summed E-state index contributed by atoms with van der Waals surface area (Å²) in [6.45, 7) is 5.67. The Labute approximate surface area is 144 Å². The number of benzene rings is 1. The first-order chi connectivity index (χ1) is 11.5. The number of piperazine rings is 1. The minimum absolute atomic E-state index is 0.173. The van der Waals surface area contributed by atoms with Gasteiger partial charge in [-0.05, 0) is 31.9 Å². The molecule has 2 heterocycles. The summed E-state index contributed by atoms with van der Waals surface area (Å²) in [5, 5.41) is 0. The van der Waals surface area contributed by atoms with Gasteiger partial charge >= 0.3 is 0 Å². The number of nitrogens with zero attached hydrogens (tertiary/aromatic N) is 3. The number of hydrogen-bond acceptors (Lipinski definition) is 4. The maximum Gasteiger partial charge on any atom is 0.243 e. The van der Waals surface area contributed by atoms with E-state index in [1.165, 1.54) is 4.31 Å². The normalized spacial score (nSPS) is 21.8. The standard InChI is InChI=1S/C17H25N3O3S/c1-15(17(21)19-9-5-6-10-19)18-11-13-20(14-12-18)24(22,23)16-7-3-2-4-8-16/h2-4,7-8,15H,5-6,9-14H2,1H3. The fourth-order valence-corrected chi connectivity index (χ4v) is 4.87. The van der Waals surface area contributed by atoms with E-state index >= 15 is 0 Å². The van der Waals surface area contributed by atoms with E-state index in [0.29, 0.717) is 31.1 Å². The second-order valence-corrected chi connectivity index (χ2v) is 8.40. The lowest BCUT2D eigenvalue weighted by molar-refractivity contribution is -0.135. The van der Waals surface area contributed by atoms with Gasteiger partial charge in [-0.25, -0.2) is 8.42 Å². The van der Waals surface area contributed by atoms with Crippen molar-refractivity contribution in [3.8, 4) is 0 Å². The van der Waals surface area contributed by atoms with Crippen LogP contribution < -0.4 is 0 Å². The van der Waals surface area contributed by atoms with Crippen molar-refractivity contribution in [2.24, 2.45) is 0 Å². The highest BCUT2D eigenvalue weighted by Crippen LogP contribution is 2.19. The predicted octanol–water partition coefficient (Wildman–Crippen LogP) is 1.00. The van der Waals surface area contributed by atoms with Crippen LogP contribution in [0.5, 0.6) is 0 Å². The number of amides is 1. The molecule has 0 radical (unpaired) electrons. The van der Waals surface area contributed by atoms with Gasteiger partial charge in [-0.3, -0.25) is 9.69 Å². The topological polar surface area (TPSA) is 60.9 Å². The van der Waals surface area contributed by atoms with Gasteiger partial charge in [0, 0.05) is 39.3 Å². The Bertz CT molecular complexity index is 664. The van der Waals surface area contributed by atoms with Crippen molar-refractivity contribution in [3.05, 3.63) is 30.3 Å².